The van der Waals surface area contributed by atoms with E-state index in [9.17, 15) is 4.79 Å². The van der Waals surface area contributed by atoms with Gasteiger partial charge in [-0.15, -0.1) is 0 Å². The highest BCUT2D eigenvalue weighted by Gasteiger charge is 2.20. The number of rotatable bonds is 6. The number of aryl methyl sites for hydroxylation is 1. The number of aromatic nitrogens is 2. The number of imidazole rings is 1. The Morgan fingerprint density at radius 1 is 1.04 bits per heavy atom. The van der Waals surface area contributed by atoms with E-state index >= 15 is 0 Å². The van der Waals surface area contributed by atoms with Crippen molar-refractivity contribution in [1.29, 1.82) is 0 Å². The Labute approximate surface area is 165 Å². The summed E-state index contributed by atoms with van der Waals surface area (Å²) in [6.45, 7) is 4.52. The van der Waals surface area contributed by atoms with Crippen LogP contribution in [0, 0.1) is 0 Å². The van der Waals surface area contributed by atoms with Crippen molar-refractivity contribution in [3.63, 3.8) is 0 Å². The first-order chi connectivity index (χ1) is 13.7. The molecule has 3 aromatic rings. The molecule has 1 amide bonds. The number of nitrogens with zero attached hydrogens (tertiary/aromatic N) is 3. The summed E-state index contributed by atoms with van der Waals surface area (Å²) in [5.74, 6) is 1.76. The van der Waals surface area contributed by atoms with Crippen molar-refractivity contribution in [2.75, 3.05) is 13.1 Å². The molecule has 28 heavy (non-hydrogen) atoms. The second-order valence-electron chi connectivity index (χ2n) is 7.33. The van der Waals surface area contributed by atoms with Gasteiger partial charge in [0, 0.05) is 13.1 Å². The van der Waals surface area contributed by atoms with Crippen molar-refractivity contribution >= 4 is 16.9 Å². The van der Waals surface area contributed by atoms with Gasteiger partial charge in [-0.3, -0.25) is 4.79 Å². The van der Waals surface area contributed by atoms with Crippen molar-refractivity contribution < 1.29 is 9.53 Å². The van der Waals surface area contributed by atoms with E-state index in [-0.39, 0.29) is 5.91 Å². The molecular formula is C23H27N3O2. The fraction of sp³-hybridized carbons (Fsp3) is 0.391. The van der Waals surface area contributed by atoms with Crippen molar-refractivity contribution in [2.24, 2.45) is 0 Å². The molecule has 0 bridgehead atoms. The van der Waals surface area contributed by atoms with Crippen LogP contribution in [-0.2, 0) is 24.4 Å². The zero-order valence-electron chi connectivity index (χ0n) is 16.4. The number of para-hydroxylation sites is 2. The number of hydrogen-bond acceptors (Lipinski definition) is 3. The summed E-state index contributed by atoms with van der Waals surface area (Å²) in [7, 11) is 0. The Morgan fingerprint density at radius 3 is 2.54 bits per heavy atom. The largest absolute Gasteiger partial charge is 0.486 e. The summed E-state index contributed by atoms with van der Waals surface area (Å²) in [5, 5.41) is 0. The predicted molar refractivity (Wildman–Crippen MR) is 110 cm³/mol. The first kappa shape index (κ1) is 18.5. The Kier molecular flexibility index (Phi) is 5.60. The van der Waals surface area contributed by atoms with Crippen LogP contribution in [0.1, 0.15) is 37.6 Å². The minimum absolute atomic E-state index is 0.163. The van der Waals surface area contributed by atoms with Gasteiger partial charge in [-0.25, -0.2) is 4.98 Å². The van der Waals surface area contributed by atoms with Crippen molar-refractivity contribution in [3.8, 4) is 5.75 Å². The molecule has 5 heteroatoms. The number of piperidine rings is 1. The van der Waals surface area contributed by atoms with E-state index < -0.39 is 0 Å². The molecule has 1 saturated heterocycles. The molecule has 1 fully saturated rings. The number of benzene rings is 2. The van der Waals surface area contributed by atoms with Gasteiger partial charge >= 0.3 is 0 Å². The summed E-state index contributed by atoms with van der Waals surface area (Å²) in [4.78, 5) is 19.5. The Bertz CT molecular complexity index is 940. The predicted octanol–water partition coefficient (Wildman–Crippen LogP) is 4.19. The molecule has 0 radical (unpaired) electrons. The molecule has 5 nitrogen and oxygen atoms in total. The molecule has 146 valence electrons. The standard InChI is InChI=1S/C23H27N3O2/c1-2-18-10-12-19(13-11-18)28-17-22-24-20-8-4-5-9-21(20)26(22)16-23(27)25-14-6-3-7-15-25/h4-5,8-13H,2-3,6-7,14-17H2,1H3. The van der Waals surface area contributed by atoms with Gasteiger partial charge in [0.15, 0.2) is 0 Å². The van der Waals surface area contributed by atoms with Crippen LogP contribution in [0.5, 0.6) is 5.75 Å². The smallest absolute Gasteiger partial charge is 0.242 e. The summed E-state index contributed by atoms with van der Waals surface area (Å²) in [6.07, 6.45) is 4.42. The summed E-state index contributed by atoms with van der Waals surface area (Å²) in [5.41, 5.74) is 3.16. The summed E-state index contributed by atoms with van der Waals surface area (Å²) in [6, 6.07) is 16.1. The number of carbonyl (C=O) groups is 1. The van der Waals surface area contributed by atoms with Crippen LogP contribution in [0.3, 0.4) is 0 Å². The van der Waals surface area contributed by atoms with Crippen LogP contribution < -0.4 is 4.74 Å². The maximum absolute atomic E-state index is 12.8. The van der Waals surface area contributed by atoms with Gasteiger partial charge in [0.05, 0.1) is 11.0 Å². The van der Waals surface area contributed by atoms with Gasteiger partial charge in [0.2, 0.25) is 5.91 Å². The molecular weight excluding hydrogens is 350 g/mol. The van der Waals surface area contributed by atoms with E-state index in [1.54, 1.807) is 0 Å². The van der Waals surface area contributed by atoms with E-state index in [2.05, 4.69) is 19.1 Å². The zero-order chi connectivity index (χ0) is 19.3. The average molecular weight is 377 g/mol. The first-order valence-electron chi connectivity index (χ1n) is 10.2. The molecule has 0 atom stereocenters. The van der Waals surface area contributed by atoms with Crippen LogP contribution in [0.25, 0.3) is 11.0 Å². The zero-order valence-corrected chi connectivity index (χ0v) is 16.4. The lowest BCUT2D eigenvalue weighted by atomic mass is 10.1. The third-order valence-corrected chi connectivity index (χ3v) is 5.44. The minimum atomic E-state index is 0.163. The monoisotopic (exact) mass is 377 g/mol. The molecule has 1 aromatic heterocycles. The van der Waals surface area contributed by atoms with Crippen LogP contribution in [0.2, 0.25) is 0 Å². The highest BCUT2D eigenvalue weighted by Crippen LogP contribution is 2.20. The van der Waals surface area contributed by atoms with E-state index in [4.69, 9.17) is 9.72 Å². The summed E-state index contributed by atoms with van der Waals surface area (Å²) >= 11 is 0. The Morgan fingerprint density at radius 2 is 1.79 bits per heavy atom. The highest BCUT2D eigenvalue weighted by atomic mass is 16.5. The van der Waals surface area contributed by atoms with Gasteiger partial charge in [0.1, 0.15) is 24.7 Å². The molecule has 1 aliphatic rings. The van der Waals surface area contributed by atoms with Gasteiger partial charge in [-0.1, -0.05) is 31.2 Å². The molecule has 0 saturated carbocycles. The number of hydrogen-bond donors (Lipinski definition) is 0. The second-order valence-corrected chi connectivity index (χ2v) is 7.33. The van der Waals surface area contributed by atoms with E-state index in [0.29, 0.717) is 13.2 Å². The van der Waals surface area contributed by atoms with E-state index in [1.165, 1.54) is 12.0 Å². The number of amides is 1. The second kappa shape index (κ2) is 8.46. The van der Waals surface area contributed by atoms with E-state index in [0.717, 1.165) is 55.0 Å². The molecule has 1 aliphatic heterocycles. The number of carbonyl (C=O) groups excluding carboxylic acids is 1. The third kappa shape index (κ3) is 4.03. The average Bonchev–Trinajstić information content (AvgIpc) is 3.10. The summed E-state index contributed by atoms with van der Waals surface area (Å²) < 4.78 is 7.99. The molecule has 0 spiro atoms. The van der Waals surface area contributed by atoms with E-state index in [1.807, 2.05) is 45.9 Å². The van der Waals surface area contributed by atoms with Crippen molar-refractivity contribution in [2.45, 2.75) is 45.8 Å². The van der Waals surface area contributed by atoms with Gasteiger partial charge in [0.25, 0.3) is 0 Å². The minimum Gasteiger partial charge on any atom is -0.486 e. The van der Waals surface area contributed by atoms with Crippen LogP contribution in [-0.4, -0.2) is 33.4 Å². The topological polar surface area (TPSA) is 47.4 Å². The quantitative estimate of drug-likeness (QED) is 0.647. The molecule has 0 N–H and O–H groups in total. The fourth-order valence-electron chi connectivity index (χ4n) is 3.76. The van der Waals surface area contributed by atoms with Crippen LogP contribution >= 0.6 is 0 Å². The first-order valence-corrected chi connectivity index (χ1v) is 10.2. The molecule has 4 rings (SSSR count). The lowest BCUT2D eigenvalue weighted by Crippen LogP contribution is -2.38. The fourth-order valence-corrected chi connectivity index (χ4v) is 3.76. The Balaban J connectivity index is 1.54. The normalized spacial score (nSPS) is 14.4. The van der Waals surface area contributed by atoms with Crippen LogP contribution in [0.15, 0.2) is 48.5 Å². The lowest BCUT2D eigenvalue weighted by molar-refractivity contribution is -0.132. The molecule has 2 heterocycles. The van der Waals surface area contributed by atoms with Crippen molar-refractivity contribution in [1.82, 2.24) is 14.5 Å². The SMILES string of the molecule is CCc1ccc(OCc2nc3ccccc3n2CC(=O)N2CCCCC2)cc1. The Hall–Kier alpha value is -2.82. The number of ether oxygens (including phenoxy) is 1. The molecule has 2 aromatic carbocycles. The maximum Gasteiger partial charge on any atom is 0.242 e. The molecule has 0 unspecified atom stereocenters. The highest BCUT2D eigenvalue weighted by molar-refractivity contribution is 5.81. The van der Waals surface area contributed by atoms with Gasteiger partial charge in [-0.05, 0) is 55.5 Å². The lowest BCUT2D eigenvalue weighted by Gasteiger charge is -2.27. The van der Waals surface area contributed by atoms with Crippen molar-refractivity contribution in [3.05, 3.63) is 59.9 Å². The third-order valence-electron chi connectivity index (χ3n) is 5.44. The number of fused-ring (bicyclic) bond motifs is 1. The molecule has 0 aliphatic carbocycles. The van der Waals surface area contributed by atoms with Gasteiger partial charge in [-0.2, -0.15) is 0 Å². The number of likely N-dealkylation sites (tertiary alicyclic amines) is 1. The maximum atomic E-state index is 12.8. The van der Waals surface area contributed by atoms with Crippen LogP contribution in [0.4, 0.5) is 0 Å². The van der Waals surface area contributed by atoms with Gasteiger partial charge < -0.3 is 14.2 Å².